The van der Waals surface area contributed by atoms with E-state index in [1.807, 2.05) is 0 Å². The maximum absolute atomic E-state index is 8.94. The molecule has 0 atom stereocenters. The fourth-order valence-corrected chi connectivity index (χ4v) is 0. The van der Waals surface area contributed by atoms with Gasteiger partial charge >= 0.3 is 40.9 Å². The zero-order chi connectivity index (χ0) is 9.00. The van der Waals surface area contributed by atoms with Crippen molar-refractivity contribution < 1.29 is 39.0 Å². The van der Waals surface area contributed by atoms with Crippen molar-refractivity contribution in [2.75, 3.05) is 0 Å². The van der Waals surface area contributed by atoms with E-state index in [1.54, 1.807) is 0 Å². The van der Waals surface area contributed by atoms with Gasteiger partial charge in [-0.05, 0) is 0 Å². The van der Waals surface area contributed by atoms with Crippen molar-refractivity contribution in [3.05, 3.63) is 0 Å². The number of hydrogen-bond acceptors (Lipinski definition) is 3. The van der Waals surface area contributed by atoms with Crippen molar-refractivity contribution in [2.45, 2.75) is 0 Å². The monoisotopic (exact) mass is 258 g/mol. The third-order valence-electron chi connectivity index (χ3n) is 0. The van der Waals surface area contributed by atoms with Crippen LogP contribution in [0, 0.1) is 0 Å². The maximum atomic E-state index is 8.94. The summed E-state index contributed by atoms with van der Waals surface area (Å²) in [6.45, 7) is 0. The van der Waals surface area contributed by atoms with Crippen LogP contribution in [0.3, 0.4) is 0 Å². The first kappa shape index (κ1) is 17.2. The molecular formula is H7AsO9S. The topological polar surface area (TPSA) is 184 Å². The summed E-state index contributed by atoms with van der Waals surface area (Å²) >= 11 is -5.12. The molecule has 0 aromatic carbocycles. The summed E-state index contributed by atoms with van der Waals surface area (Å²) in [6, 6.07) is 0. The van der Waals surface area contributed by atoms with E-state index in [0.29, 0.717) is 0 Å². The molecule has 0 saturated carbocycles. The van der Waals surface area contributed by atoms with Gasteiger partial charge in [-0.25, -0.2) is 0 Å². The minimum atomic E-state index is -5.12. The Morgan fingerprint density at radius 3 is 1.00 bits per heavy atom. The third kappa shape index (κ3) is 140000. The fraction of sp³-hybridized carbons (Fsp3) is 0. The van der Waals surface area contributed by atoms with Crippen molar-refractivity contribution in [1.29, 1.82) is 0 Å². The van der Waals surface area contributed by atoms with Gasteiger partial charge in [-0.1, -0.05) is 0 Å². The second-order valence-electron chi connectivity index (χ2n) is 0.961. The Morgan fingerprint density at radius 1 is 1.00 bits per heavy atom. The first-order chi connectivity index (χ1) is 4.00. The summed E-state index contributed by atoms with van der Waals surface area (Å²) in [5.41, 5.74) is 0. The first-order valence-electron chi connectivity index (χ1n) is 1.48. The molecule has 0 unspecified atom stereocenters. The molecule has 0 amide bonds. The van der Waals surface area contributed by atoms with E-state index in [-0.39, 0.29) is 5.48 Å². The van der Waals surface area contributed by atoms with Crippen molar-refractivity contribution in [3.63, 3.8) is 0 Å². The van der Waals surface area contributed by atoms with Gasteiger partial charge in [0, 0.05) is 0 Å². The molecule has 0 aromatic heterocycles. The van der Waals surface area contributed by atoms with Crippen molar-refractivity contribution in [3.8, 4) is 0 Å². The van der Waals surface area contributed by atoms with Crippen LogP contribution in [0.2, 0.25) is 0 Å². The summed E-state index contributed by atoms with van der Waals surface area (Å²) in [5.74, 6) is 0. The fourth-order valence-electron chi connectivity index (χ4n) is 0. The Morgan fingerprint density at radius 2 is 1.00 bits per heavy atom. The Kier molecular flexibility index (Phi) is 8.91. The molecule has 0 saturated heterocycles. The molecule has 0 aliphatic heterocycles. The zero-order valence-corrected chi connectivity index (χ0v) is 7.51. The first-order valence-corrected chi connectivity index (χ1v) is 6.16. The van der Waals surface area contributed by atoms with Crippen molar-refractivity contribution >= 4 is 24.9 Å². The molecule has 0 bridgehead atoms. The molecule has 0 aromatic rings. The molecule has 9 nitrogen and oxygen atoms in total. The van der Waals surface area contributed by atoms with Gasteiger partial charge in [-0.2, -0.15) is 8.42 Å². The van der Waals surface area contributed by atoms with E-state index >= 15 is 0 Å². The molecule has 11 heavy (non-hydrogen) atoms. The van der Waals surface area contributed by atoms with Crippen LogP contribution in [-0.4, -0.2) is 49.8 Å². The molecule has 0 aliphatic rings. The van der Waals surface area contributed by atoms with Gasteiger partial charge in [0.15, 0.2) is 0 Å². The van der Waals surface area contributed by atoms with Gasteiger partial charge in [0.2, 0.25) is 0 Å². The quantitative estimate of drug-likeness (QED) is 0.217. The Balaban J connectivity index is -0.000000107. The van der Waals surface area contributed by atoms with Crippen LogP contribution in [0.15, 0.2) is 0 Å². The minimum absolute atomic E-state index is 0. The summed E-state index contributed by atoms with van der Waals surface area (Å²) in [6.07, 6.45) is 0. The van der Waals surface area contributed by atoms with Crippen LogP contribution in [0.1, 0.15) is 0 Å². The standard InChI is InChI=1S/AsH3O4.H2O4S.H2O/c2-1(3,4)5;1-5(2,3)4;/h(H3,2,3,4,5);(H2,1,2,3,4);1H2. The summed E-state index contributed by atoms with van der Waals surface area (Å²) in [5, 5.41) is 0. The normalized spacial score (nSPS) is 10.6. The van der Waals surface area contributed by atoms with Gasteiger partial charge in [0.05, 0.1) is 0 Å². The molecule has 0 radical (unpaired) electrons. The van der Waals surface area contributed by atoms with E-state index in [1.165, 1.54) is 0 Å². The van der Waals surface area contributed by atoms with Crippen LogP contribution in [0.5, 0.6) is 0 Å². The molecule has 0 heterocycles. The summed E-state index contributed by atoms with van der Waals surface area (Å²) in [7, 11) is -4.67. The Labute approximate surface area is 64.5 Å². The molecule has 72 valence electrons. The van der Waals surface area contributed by atoms with Crippen LogP contribution < -0.4 is 0 Å². The average Bonchev–Trinajstić information content (AvgIpc) is 1.12. The Hall–Kier alpha value is 0.0684. The van der Waals surface area contributed by atoms with Gasteiger partial charge in [-0.3, -0.25) is 9.11 Å². The molecule has 0 fully saturated rings. The van der Waals surface area contributed by atoms with E-state index in [0.717, 1.165) is 0 Å². The van der Waals surface area contributed by atoms with Gasteiger partial charge in [0.1, 0.15) is 0 Å². The zero-order valence-electron chi connectivity index (χ0n) is 4.82. The van der Waals surface area contributed by atoms with Crippen molar-refractivity contribution in [1.82, 2.24) is 0 Å². The predicted octanol–water partition coefficient (Wildman–Crippen LogP) is -3.65. The molecule has 11 heteroatoms. The van der Waals surface area contributed by atoms with E-state index < -0.39 is 24.9 Å². The van der Waals surface area contributed by atoms with Gasteiger partial charge < -0.3 is 5.48 Å². The summed E-state index contributed by atoms with van der Waals surface area (Å²) in [4.78, 5) is 0. The molecule has 0 rings (SSSR count). The van der Waals surface area contributed by atoms with Crippen molar-refractivity contribution in [2.24, 2.45) is 0 Å². The predicted molar refractivity (Wildman–Crippen MR) is 30.9 cm³/mol. The van der Waals surface area contributed by atoms with Crippen LogP contribution in [-0.2, 0) is 14.1 Å². The van der Waals surface area contributed by atoms with E-state index in [2.05, 4.69) is 0 Å². The average molecular weight is 258 g/mol. The third-order valence-corrected chi connectivity index (χ3v) is 0. The summed E-state index contributed by atoms with van der Waals surface area (Å²) < 4.78 is 62.3. The van der Waals surface area contributed by atoms with E-state index in [9.17, 15) is 0 Å². The second kappa shape index (κ2) is 5.68. The van der Waals surface area contributed by atoms with Crippen LogP contribution >= 0.6 is 0 Å². The molecule has 0 aliphatic carbocycles. The van der Waals surface area contributed by atoms with E-state index in [4.69, 9.17) is 33.5 Å². The van der Waals surface area contributed by atoms with Crippen LogP contribution in [0.25, 0.3) is 0 Å². The Bertz CT molecular complexity index is 187. The number of rotatable bonds is 0. The molecule has 0 spiro atoms. The molecule has 7 N–H and O–H groups in total. The second-order valence-corrected chi connectivity index (χ2v) is 4.01. The SMILES string of the molecule is O.O=S(=O)(O)O.O=[As](O)(O)O. The number of hydrogen-bond donors (Lipinski definition) is 5. The van der Waals surface area contributed by atoms with Gasteiger partial charge in [0.25, 0.3) is 0 Å². The molecular weight excluding hydrogens is 251 g/mol. The van der Waals surface area contributed by atoms with Gasteiger partial charge in [-0.15, -0.1) is 0 Å². The van der Waals surface area contributed by atoms with Crippen LogP contribution in [0.4, 0.5) is 0 Å².